The van der Waals surface area contributed by atoms with Gasteiger partial charge in [0.05, 0.1) is 10.6 Å². The Kier molecular flexibility index (Phi) is 3.91. The van der Waals surface area contributed by atoms with Crippen LogP contribution in [-0.2, 0) is 9.84 Å². The summed E-state index contributed by atoms with van der Waals surface area (Å²) >= 11 is 0. The van der Waals surface area contributed by atoms with Crippen molar-refractivity contribution in [1.82, 2.24) is 20.2 Å². The van der Waals surface area contributed by atoms with E-state index in [1.54, 1.807) is 25.3 Å². The van der Waals surface area contributed by atoms with Gasteiger partial charge in [-0.25, -0.2) is 13.4 Å². The van der Waals surface area contributed by atoms with Gasteiger partial charge < -0.3 is 4.42 Å². The molecule has 0 saturated heterocycles. The van der Waals surface area contributed by atoms with Gasteiger partial charge in [0.1, 0.15) is 11.4 Å². The first-order chi connectivity index (χ1) is 11.0. The highest BCUT2D eigenvalue weighted by Crippen LogP contribution is 2.27. The fraction of sp³-hybridized carbons (Fsp3) is 0.200. The number of aryl methyl sites for hydroxylation is 1. The molecular formula is C15H14N4O3S. The molecule has 0 N–H and O–H groups in total. The zero-order chi connectivity index (χ0) is 16.4. The van der Waals surface area contributed by atoms with Crippen LogP contribution < -0.4 is 0 Å². The van der Waals surface area contributed by atoms with Crippen molar-refractivity contribution in [3.05, 3.63) is 42.2 Å². The van der Waals surface area contributed by atoms with E-state index in [0.29, 0.717) is 5.69 Å². The van der Waals surface area contributed by atoms with Gasteiger partial charge >= 0.3 is 0 Å². The van der Waals surface area contributed by atoms with E-state index in [1.807, 2.05) is 13.0 Å². The summed E-state index contributed by atoms with van der Waals surface area (Å²) in [4.78, 5) is 8.37. The third-order valence-electron chi connectivity index (χ3n) is 3.24. The SMILES string of the molecule is CCS(=O)(=O)c1cccnc1-c1nnc(-c2ccc(C)cn2)o1. The van der Waals surface area contributed by atoms with Crippen LogP contribution in [0.15, 0.2) is 46.0 Å². The number of hydrogen-bond acceptors (Lipinski definition) is 7. The van der Waals surface area contributed by atoms with Crippen molar-refractivity contribution in [3.8, 4) is 23.2 Å². The summed E-state index contributed by atoms with van der Waals surface area (Å²) in [5, 5.41) is 7.84. The Hall–Kier alpha value is -2.61. The Balaban J connectivity index is 2.07. The second kappa shape index (κ2) is 5.88. The van der Waals surface area contributed by atoms with E-state index in [-0.39, 0.29) is 28.1 Å². The molecule has 0 aliphatic heterocycles. The molecule has 118 valence electrons. The smallest absolute Gasteiger partial charge is 0.268 e. The van der Waals surface area contributed by atoms with Crippen LogP contribution in [0.25, 0.3) is 23.2 Å². The Morgan fingerprint density at radius 1 is 1.09 bits per heavy atom. The molecular weight excluding hydrogens is 316 g/mol. The van der Waals surface area contributed by atoms with Gasteiger partial charge in [-0.1, -0.05) is 13.0 Å². The molecule has 23 heavy (non-hydrogen) atoms. The summed E-state index contributed by atoms with van der Waals surface area (Å²) < 4.78 is 29.9. The number of sulfone groups is 1. The summed E-state index contributed by atoms with van der Waals surface area (Å²) in [5.74, 6) is 0.229. The summed E-state index contributed by atoms with van der Waals surface area (Å²) in [5.41, 5.74) is 1.68. The first-order valence-electron chi connectivity index (χ1n) is 6.96. The molecule has 3 heterocycles. The van der Waals surface area contributed by atoms with Gasteiger partial charge in [0.15, 0.2) is 9.84 Å². The molecule has 0 fully saturated rings. The average Bonchev–Trinajstić information content (AvgIpc) is 3.05. The topological polar surface area (TPSA) is 98.8 Å². The van der Waals surface area contributed by atoms with Crippen molar-refractivity contribution >= 4 is 9.84 Å². The van der Waals surface area contributed by atoms with E-state index in [1.165, 1.54) is 12.3 Å². The van der Waals surface area contributed by atoms with Crippen molar-refractivity contribution in [2.45, 2.75) is 18.7 Å². The highest BCUT2D eigenvalue weighted by atomic mass is 32.2. The minimum atomic E-state index is -3.44. The molecule has 8 heteroatoms. The lowest BCUT2D eigenvalue weighted by Crippen LogP contribution is -2.06. The zero-order valence-electron chi connectivity index (χ0n) is 12.6. The maximum Gasteiger partial charge on any atom is 0.268 e. The van der Waals surface area contributed by atoms with Gasteiger partial charge in [-0.15, -0.1) is 10.2 Å². The second-order valence-corrected chi connectivity index (χ2v) is 7.13. The highest BCUT2D eigenvalue weighted by Gasteiger charge is 2.22. The fourth-order valence-corrected chi connectivity index (χ4v) is 3.01. The predicted octanol–water partition coefficient (Wildman–Crippen LogP) is 2.30. The van der Waals surface area contributed by atoms with Crippen molar-refractivity contribution in [3.63, 3.8) is 0 Å². The highest BCUT2D eigenvalue weighted by molar-refractivity contribution is 7.91. The van der Waals surface area contributed by atoms with Crippen LogP contribution >= 0.6 is 0 Å². The number of aromatic nitrogens is 4. The Morgan fingerprint density at radius 2 is 1.87 bits per heavy atom. The molecule has 3 aromatic heterocycles. The van der Waals surface area contributed by atoms with Crippen molar-refractivity contribution in [2.75, 3.05) is 5.75 Å². The fourth-order valence-electron chi connectivity index (χ4n) is 1.97. The summed E-state index contributed by atoms with van der Waals surface area (Å²) in [6.45, 7) is 3.49. The molecule has 0 spiro atoms. The zero-order valence-corrected chi connectivity index (χ0v) is 13.4. The molecule has 0 aliphatic rings. The molecule has 0 amide bonds. The van der Waals surface area contributed by atoms with E-state index in [2.05, 4.69) is 20.2 Å². The first-order valence-corrected chi connectivity index (χ1v) is 8.61. The van der Waals surface area contributed by atoms with E-state index >= 15 is 0 Å². The largest absolute Gasteiger partial charge is 0.413 e. The average molecular weight is 330 g/mol. The third-order valence-corrected chi connectivity index (χ3v) is 5.00. The van der Waals surface area contributed by atoms with Gasteiger partial charge in [0.25, 0.3) is 11.8 Å². The van der Waals surface area contributed by atoms with Crippen LogP contribution in [0.5, 0.6) is 0 Å². The lowest BCUT2D eigenvalue weighted by Gasteiger charge is -2.04. The van der Waals surface area contributed by atoms with Crippen LogP contribution in [0.1, 0.15) is 12.5 Å². The first kappa shape index (κ1) is 15.3. The van der Waals surface area contributed by atoms with Gasteiger partial charge in [0.2, 0.25) is 0 Å². The summed E-state index contributed by atoms with van der Waals surface area (Å²) in [6, 6.07) is 6.68. The van der Waals surface area contributed by atoms with Crippen molar-refractivity contribution < 1.29 is 12.8 Å². The van der Waals surface area contributed by atoms with Gasteiger partial charge in [-0.05, 0) is 30.7 Å². The van der Waals surface area contributed by atoms with Gasteiger partial charge in [-0.2, -0.15) is 0 Å². The van der Waals surface area contributed by atoms with Crippen LogP contribution in [0, 0.1) is 6.92 Å². The number of pyridine rings is 2. The van der Waals surface area contributed by atoms with Crippen LogP contribution in [0.4, 0.5) is 0 Å². The molecule has 3 aromatic rings. The monoisotopic (exact) mass is 330 g/mol. The quantitative estimate of drug-likeness (QED) is 0.723. The molecule has 0 saturated carbocycles. The molecule has 7 nitrogen and oxygen atoms in total. The minimum absolute atomic E-state index is 0.0355. The maximum absolute atomic E-state index is 12.2. The molecule has 0 bridgehead atoms. The van der Waals surface area contributed by atoms with Crippen LogP contribution in [0.2, 0.25) is 0 Å². The van der Waals surface area contributed by atoms with E-state index in [0.717, 1.165) is 5.56 Å². The van der Waals surface area contributed by atoms with Gasteiger partial charge in [0, 0.05) is 12.4 Å². The van der Waals surface area contributed by atoms with E-state index in [9.17, 15) is 8.42 Å². The summed E-state index contributed by atoms with van der Waals surface area (Å²) in [7, 11) is -3.44. The predicted molar refractivity (Wildman–Crippen MR) is 83.2 cm³/mol. The lowest BCUT2D eigenvalue weighted by molar-refractivity contribution is 0.574. The minimum Gasteiger partial charge on any atom is -0.413 e. The third kappa shape index (κ3) is 2.98. The van der Waals surface area contributed by atoms with Crippen LogP contribution in [-0.4, -0.2) is 34.3 Å². The van der Waals surface area contributed by atoms with Crippen molar-refractivity contribution in [1.29, 1.82) is 0 Å². The lowest BCUT2D eigenvalue weighted by atomic mass is 10.3. The molecule has 0 radical (unpaired) electrons. The van der Waals surface area contributed by atoms with E-state index in [4.69, 9.17) is 4.42 Å². The Labute approximate surface area is 133 Å². The molecule has 0 atom stereocenters. The Morgan fingerprint density at radius 3 is 2.57 bits per heavy atom. The van der Waals surface area contributed by atoms with E-state index < -0.39 is 9.84 Å². The normalized spacial score (nSPS) is 11.6. The standard InChI is InChI=1S/C15H14N4O3S/c1-3-23(20,21)12-5-4-8-16-13(12)15-19-18-14(22-15)11-7-6-10(2)9-17-11/h4-9H,3H2,1-2H3. The number of nitrogens with zero attached hydrogens (tertiary/aromatic N) is 4. The molecule has 0 aliphatic carbocycles. The van der Waals surface area contributed by atoms with Crippen LogP contribution in [0.3, 0.4) is 0 Å². The molecule has 3 rings (SSSR count). The van der Waals surface area contributed by atoms with Gasteiger partial charge in [-0.3, -0.25) is 4.98 Å². The van der Waals surface area contributed by atoms with Crippen molar-refractivity contribution in [2.24, 2.45) is 0 Å². The molecule has 0 aromatic carbocycles. The number of rotatable bonds is 4. The molecule has 0 unspecified atom stereocenters. The number of hydrogen-bond donors (Lipinski definition) is 0. The maximum atomic E-state index is 12.2. The Bertz CT molecular complexity index is 933. The summed E-state index contributed by atoms with van der Waals surface area (Å²) in [6.07, 6.45) is 3.17. The second-order valence-electron chi connectivity index (χ2n) is 4.89.